The van der Waals surface area contributed by atoms with Crippen LogP contribution in [-0.2, 0) is 0 Å². The van der Waals surface area contributed by atoms with Crippen LogP contribution in [0.2, 0.25) is 0 Å². The van der Waals surface area contributed by atoms with Gasteiger partial charge in [-0.2, -0.15) is 0 Å². The molecule has 0 saturated heterocycles. The molecule has 1 amide bonds. The van der Waals surface area contributed by atoms with Crippen molar-refractivity contribution in [2.75, 3.05) is 14.2 Å². The number of aromatic hydroxyl groups is 1. The Hall–Kier alpha value is -2.49. The van der Waals surface area contributed by atoms with Gasteiger partial charge in [-0.15, -0.1) is 0 Å². The quantitative estimate of drug-likeness (QED) is 0.938. The number of hydrogen-bond acceptors (Lipinski definition) is 3. The van der Waals surface area contributed by atoms with Crippen LogP contribution in [-0.4, -0.2) is 30.1 Å². The summed E-state index contributed by atoms with van der Waals surface area (Å²) in [6.45, 7) is 1.88. The average Bonchev–Trinajstić information content (AvgIpc) is 2.53. The van der Waals surface area contributed by atoms with Crippen LogP contribution >= 0.6 is 0 Å². The number of methoxy groups -OCH3 is 1. The Labute approximate surface area is 124 Å². The summed E-state index contributed by atoms with van der Waals surface area (Å²) in [5.41, 5.74) is 1.22. The smallest absolute Gasteiger partial charge is 0.257 e. The van der Waals surface area contributed by atoms with Gasteiger partial charge in [-0.05, 0) is 25.1 Å². The number of carbonyl (C=O) groups is 1. The Kier molecular flexibility index (Phi) is 4.48. The Morgan fingerprint density at radius 3 is 2.43 bits per heavy atom. The number of phenolic OH excluding ortho intramolecular Hbond substituents is 1. The highest BCUT2D eigenvalue weighted by Gasteiger charge is 2.22. The number of benzene rings is 2. The molecular formula is C17H19NO3. The number of hydrogen-bond donors (Lipinski definition) is 1. The highest BCUT2D eigenvalue weighted by atomic mass is 16.5. The van der Waals surface area contributed by atoms with E-state index in [9.17, 15) is 9.90 Å². The van der Waals surface area contributed by atoms with Crippen molar-refractivity contribution in [3.8, 4) is 11.5 Å². The van der Waals surface area contributed by atoms with Crippen LogP contribution in [0.4, 0.5) is 0 Å². The molecule has 1 unspecified atom stereocenters. The fraction of sp³-hybridized carbons (Fsp3) is 0.235. The fourth-order valence-corrected chi connectivity index (χ4v) is 2.24. The predicted octanol–water partition coefficient (Wildman–Crippen LogP) is 3.23. The highest BCUT2D eigenvalue weighted by Crippen LogP contribution is 2.29. The largest absolute Gasteiger partial charge is 0.508 e. The van der Waals surface area contributed by atoms with Gasteiger partial charge in [0.15, 0.2) is 0 Å². The summed E-state index contributed by atoms with van der Waals surface area (Å²) in [5.74, 6) is 0.576. The lowest BCUT2D eigenvalue weighted by Gasteiger charge is -2.26. The molecule has 4 heteroatoms. The third-order valence-electron chi connectivity index (χ3n) is 3.63. The minimum absolute atomic E-state index is 0.150. The van der Waals surface area contributed by atoms with E-state index in [2.05, 4.69) is 0 Å². The third-order valence-corrected chi connectivity index (χ3v) is 3.63. The summed E-state index contributed by atoms with van der Waals surface area (Å²) < 4.78 is 5.23. The van der Waals surface area contributed by atoms with Gasteiger partial charge in [0.2, 0.25) is 0 Å². The van der Waals surface area contributed by atoms with Gasteiger partial charge in [-0.3, -0.25) is 4.79 Å². The van der Waals surface area contributed by atoms with Crippen LogP contribution in [0, 0.1) is 0 Å². The topological polar surface area (TPSA) is 49.8 Å². The molecule has 1 atom stereocenters. The maximum absolute atomic E-state index is 12.6. The predicted molar refractivity (Wildman–Crippen MR) is 81.6 cm³/mol. The van der Waals surface area contributed by atoms with Gasteiger partial charge in [0.05, 0.1) is 18.7 Å². The molecule has 21 heavy (non-hydrogen) atoms. The number of rotatable bonds is 4. The third kappa shape index (κ3) is 2.99. The number of para-hydroxylation sites is 2. The van der Waals surface area contributed by atoms with Gasteiger partial charge < -0.3 is 14.7 Å². The van der Waals surface area contributed by atoms with E-state index < -0.39 is 0 Å². The molecule has 0 aliphatic heterocycles. The lowest BCUT2D eigenvalue weighted by Crippen LogP contribution is -2.30. The Bertz CT molecular complexity index is 639. The highest BCUT2D eigenvalue weighted by molar-refractivity contribution is 5.97. The molecule has 0 aromatic heterocycles. The van der Waals surface area contributed by atoms with E-state index in [1.54, 1.807) is 49.4 Å². The zero-order valence-electron chi connectivity index (χ0n) is 12.4. The Balaban J connectivity index is 2.29. The van der Waals surface area contributed by atoms with Gasteiger partial charge in [0, 0.05) is 12.6 Å². The van der Waals surface area contributed by atoms with Gasteiger partial charge in [0.25, 0.3) is 5.91 Å². The number of phenols is 1. The lowest BCUT2D eigenvalue weighted by molar-refractivity contribution is 0.0738. The second kappa shape index (κ2) is 6.31. The minimum Gasteiger partial charge on any atom is -0.508 e. The summed E-state index contributed by atoms with van der Waals surface area (Å²) in [5, 5.41) is 9.92. The number of amides is 1. The van der Waals surface area contributed by atoms with Gasteiger partial charge >= 0.3 is 0 Å². The fourth-order valence-electron chi connectivity index (χ4n) is 2.24. The molecule has 4 nitrogen and oxygen atoms in total. The van der Waals surface area contributed by atoms with Crippen molar-refractivity contribution in [3.05, 3.63) is 59.7 Å². The van der Waals surface area contributed by atoms with E-state index in [4.69, 9.17) is 4.74 Å². The van der Waals surface area contributed by atoms with Crippen LogP contribution < -0.4 is 4.74 Å². The first-order chi connectivity index (χ1) is 10.1. The van der Waals surface area contributed by atoms with Crippen molar-refractivity contribution >= 4 is 5.91 Å². The van der Waals surface area contributed by atoms with Gasteiger partial charge in [-0.1, -0.05) is 30.3 Å². The van der Waals surface area contributed by atoms with Crippen LogP contribution in [0.1, 0.15) is 28.9 Å². The number of nitrogens with zero attached hydrogens (tertiary/aromatic N) is 1. The van der Waals surface area contributed by atoms with Crippen molar-refractivity contribution in [1.29, 1.82) is 0 Å². The summed E-state index contributed by atoms with van der Waals surface area (Å²) in [7, 11) is 3.25. The lowest BCUT2D eigenvalue weighted by atomic mass is 10.0. The summed E-state index contributed by atoms with van der Waals surface area (Å²) in [4.78, 5) is 14.2. The van der Waals surface area contributed by atoms with Crippen molar-refractivity contribution in [1.82, 2.24) is 4.90 Å². The van der Waals surface area contributed by atoms with Crippen LogP contribution in [0.15, 0.2) is 48.5 Å². The van der Waals surface area contributed by atoms with Gasteiger partial charge in [0.1, 0.15) is 11.5 Å². The average molecular weight is 285 g/mol. The van der Waals surface area contributed by atoms with Crippen molar-refractivity contribution in [2.45, 2.75) is 13.0 Å². The molecule has 0 radical (unpaired) electrons. The van der Waals surface area contributed by atoms with Crippen LogP contribution in [0.5, 0.6) is 11.5 Å². The number of carbonyl (C=O) groups excluding carboxylic acids is 1. The summed E-state index contributed by atoms with van der Waals surface area (Å²) in [6, 6.07) is 13.9. The molecule has 0 bridgehead atoms. The van der Waals surface area contributed by atoms with Gasteiger partial charge in [-0.25, -0.2) is 0 Å². The Morgan fingerprint density at radius 2 is 1.76 bits per heavy atom. The molecule has 110 valence electrons. The van der Waals surface area contributed by atoms with E-state index in [-0.39, 0.29) is 17.7 Å². The molecular weight excluding hydrogens is 266 g/mol. The van der Waals surface area contributed by atoms with Crippen LogP contribution in [0.25, 0.3) is 0 Å². The first-order valence-electron chi connectivity index (χ1n) is 6.74. The first-order valence-corrected chi connectivity index (χ1v) is 6.74. The summed E-state index contributed by atoms with van der Waals surface area (Å²) >= 11 is 0. The first kappa shape index (κ1) is 14.9. The molecule has 0 aliphatic carbocycles. The SMILES string of the molecule is COc1ccccc1C(=O)N(C)C(C)c1ccccc1O. The normalized spacial score (nSPS) is 11.8. The zero-order valence-corrected chi connectivity index (χ0v) is 12.4. The molecule has 2 rings (SSSR count). The molecule has 0 aliphatic rings. The van der Waals surface area contributed by atoms with Crippen LogP contribution in [0.3, 0.4) is 0 Å². The Morgan fingerprint density at radius 1 is 1.14 bits per heavy atom. The molecule has 2 aromatic rings. The molecule has 0 saturated carbocycles. The van der Waals surface area contributed by atoms with E-state index in [1.807, 2.05) is 25.1 Å². The maximum atomic E-state index is 12.6. The van der Waals surface area contributed by atoms with E-state index in [1.165, 1.54) is 0 Å². The summed E-state index contributed by atoms with van der Waals surface area (Å²) in [6.07, 6.45) is 0. The second-order valence-electron chi connectivity index (χ2n) is 4.85. The number of ether oxygens (including phenoxy) is 1. The maximum Gasteiger partial charge on any atom is 0.257 e. The standard InChI is InChI=1S/C17H19NO3/c1-12(13-8-4-6-10-15(13)19)18(2)17(20)14-9-5-7-11-16(14)21-3/h4-12,19H,1-3H3. The monoisotopic (exact) mass is 285 g/mol. The van der Waals surface area contributed by atoms with Crippen molar-refractivity contribution < 1.29 is 14.6 Å². The molecule has 0 fully saturated rings. The van der Waals surface area contributed by atoms with Crippen molar-refractivity contribution in [2.24, 2.45) is 0 Å². The zero-order chi connectivity index (χ0) is 15.4. The second-order valence-corrected chi connectivity index (χ2v) is 4.85. The molecule has 0 heterocycles. The van der Waals surface area contributed by atoms with E-state index in [0.717, 1.165) is 0 Å². The molecule has 1 N–H and O–H groups in total. The minimum atomic E-state index is -0.247. The van der Waals surface area contributed by atoms with Crippen molar-refractivity contribution in [3.63, 3.8) is 0 Å². The molecule has 0 spiro atoms. The van der Waals surface area contributed by atoms with E-state index in [0.29, 0.717) is 16.9 Å². The molecule has 2 aromatic carbocycles. The van der Waals surface area contributed by atoms with E-state index >= 15 is 0 Å².